The number of rotatable bonds is 3. The van der Waals surface area contributed by atoms with Crippen LogP contribution >= 0.6 is 0 Å². The molecule has 2 bridgehead atoms. The number of ether oxygens (including phenoxy) is 1. The van der Waals surface area contributed by atoms with E-state index in [1.54, 1.807) is 12.1 Å². The molecule has 0 amide bonds. The van der Waals surface area contributed by atoms with Gasteiger partial charge in [0.15, 0.2) is 0 Å². The number of para-hydroxylation sites is 1. The van der Waals surface area contributed by atoms with E-state index in [2.05, 4.69) is 10.1 Å². The van der Waals surface area contributed by atoms with E-state index in [4.69, 9.17) is 0 Å². The van der Waals surface area contributed by atoms with Gasteiger partial charge in [0.05, 0.1) is 5.60 Å². The Bertz CT molecular complexity index is 520. The molecule has 2 unspecified atom stereocenters. The van der Waals surface area contributed by atoms with Crippen LogP contribution in [0.15, 0.2) is 24.3 Å². The predicted octanol–water partition coefficient (Wildman–Crippen LogP) is 3.16. The Morgan fingerprint density at radius 3 is 2.45 bits per heavy atom. The van der Waals surface area contributed by atoms with Crippen molar-refractivity contribution in [2.24, 2.45) is 0 Å². The molecular weight excluding hydrogens is 295 g/mol. The van der Waals surface area contributed by atoms with Gasteiger partial charge < -0.3 is 15.2 Å². The molecule has 0 radical (unpaired) electrons. The molecule has 2 fully saturated rings. The fraction of sp³-hybridized carbons (Fsp3) is 0.625. The van der Waals surface area contributed by atoms with Gasteiger partial charge in [0.25, 0.3) is 0 Å². The quantitative estimate of drug-likeness (QED) is 0.900. The molecule has 3 nitrogen and oxygen atoms in total. The molecule has 0 aliphatic carbocycles. The lowest BCUT2D eigenvalue weighted by Crippen LogP contribution is -2.56. The summed E-state index contributed by atoms with van der Waals surface area (Å²) in [6.07, 6.45) is -0.212. The van der Waals surface area contributed by atoms with Crippen molar-refractivity contribution >= 4 is 0 Å². The van der Waals surface area contributed by atoms with Crippen molar-refractivity contribution in [1.82, 2.24) is 5.32 Å². The predicted molar refractivity (Wildman–Crippen MR) is 75.6 cm³/mol. The number of fused-ring (bicyclic) bond motifs is 2. The third-order valence-corrected chi connectivity index (χ3v) is 4.55. The largest absolute Gasteiger partial charge is 0.573 e. The number of halogens is 3. The molecule has 22 heavy (non-hydrogen) atoms. The molecule has 0 saturated carbocycles. The van der Waals surface area contributed by atoms with E-state index in [0.717, 1.165) is 19.3 Å². The molecule has 2 heterocycles. The second-order valence-corrected chi connectivity index (χ2v) is 6.46. The fourth-order valence-electron chi connectivity index (χ4n) is 3.81. The molecule has 2 aliphatic rings. The Kier molecular flexibility index (Phi) is 4.07. The normalized spacial score (nSPS) is 31.8. The Morgan fingerprint density at radius 2 is 1.82 bits per heavy atom. The maximum atomic E-state index is 12.5. The molecule has 6 heteroatoms. The molecule has 0 spiro atoms. The van der Waals surface area contributed by atoms with Gasteiger partial charge in [0.2, 0.25) is 0 Å². The zero-order valence-electron chi connectivity index (χ0n) is 12.2. The van der Waals surface area contributed by atoms with Gasteiger partial charge in [-0.2, -0.15) is 0 Å². The minimum atomic E-state index is -4.72. The van der Waals surface area contributed by atoms with Crippen LogP contribution in [0.3, 0.4) is 0 Å². The van der Waals surface area contributed by atoms with Gasteiger partial charge in [0, 0.05) is 18.5 Å². The van der Waals surface area contributed by atoms with Crippen molar-refractivity contribution in [2.45, 2.75) is 62.6 Å². The van der Waals surface area contributed by atoms with Crippen LogP contribution in [0.5, 0.6) is 5.75 Å². The molecule has 1 aromatic carbocycles. The van der Waals surface area contributed by atoms with Crippen molar-refractivity contribution in [3.8, 4) is 5.75 Å². The van der Waals surface area contributed by atoms with Gasteiger partial charge in [-0.05, 0) is 37.3 Å². The van der Waals surface area contributed by atoms with Gasteiger partial charge in [0.1, 0.15) is 5.75 Å². The van der Waals surface area contributed by atoms with Gasteiger partial charge in [-0.3, -0.25) is 0 Å². The third kappa shape index (κ3) is 3.73. The van der Waals surface area contributed by atoms with E-state index in [-0.39, 0.29) is 24.3 Å². The molecule has 3 rings (SSSR count). The summed E-state index contributed by atoms with van der Waals surface area (Å²) in [5.74, 6) is -0.216. The fourth-order valence-corrected chi connectivity index (χ4v) is 3.81. The third-order valence-electron chi connectivity index (χ3n) is 4.55. The van der Waals surface area contributed by atoms with Crippen molar-refractivity contribution < 1.29 is 23.0 Å². The number of nitrogens with one attached hydrogen (secondary N) is 1. The van der Waals surface area contributed by atoms with Gasteiger partial charge >= 0.3 is 6.36 Å². The maximum Gasteiger partial charge on any atom is 0.573 e. The zero-order valence-corrected chi connectivity index (χ0v) is 12.2. The average molecular weight is 315 g/mol. The molecule has 2 saturated heterocycles. The van der Waals surface area contributed by atoms with Crippen LogP contribution in [0.25, 0.3) is 0 Å². The molecule has 1 aromatic rings. The zero-order chi connectivity index (χ0) is 15.8. The first-order valence-corrected chi connectivity index (χ1v) is 7.65. The highest BCUT2D eigenvalue weighted by Gasteiger charge is 2.41. The van der Waals surface area contributed by atoms with E-state index in [1.165, 1.54) is 12.1 Å². The van der Waals surface area contributed by atoms with Gasteiger partial charge in [-0.15, -0.1) is 13.2 Å². The van der Waals surface area contributed by atoms with E-state index < -0.39 is 12.0 Å². The summed E-state index contributed by atoms with van der Waals surface area (Å²) in [6, 6.07) is 6.59. The molecule has 2 atom stereocenters. The molecule has 2 aliphatic heterocycles. The summed E-state index contributed by atoms with van der Waals surface area (Å²) < 4.78 is 41.6. The van der Waals surface area contributed by atoms with E-state index in [0.29, 0.717) is 18.4 Å². The summed E-state index contributed by atoms with van der Waals surface area (Å²) in [4.78, 5) is 0. The summed E-state index contributed by atoms with van der Waals surface area (Å²) >= 11 is 0. The van der Waals surface area contributed by atoms with Gasteiger partial charge in [-0.25, -0.2) is 0 Å². The van der Waals surface area contributed by atoms with Crippen molar-refractivity contribution in [1.29, 1.82) is 0 Å². The van der Waals surface area contributed by atoms with Crippen LogP contribution in [0.1, 0.15) is 37.7 Å². The maximum absolute atomic E-state index is 12.5. The number of alkyl halides is 3. The monoisotopic (exact) mass is 315 g/mol. The van der Waals surface area contributed by atoms with Crippen LogP contribution in [0.4, 0.5) is 13.2 Å². The van der Waals surface area contributed by atoms with Crippen LogP contribution in [-0.4, -0.2) is 29.2 Å². The molecular formula is C16H20F3NO2. The average Bonchev–Trinajstić information content (AvgIpc) is 2.38. The van der Waals surface area contributed by atoms with E-state index >= 15 is 0 Å². The Labute approximate surface area is 127 Å². The summed E-state index contributed by atoms with van der Waals surface area (Å²) in [7, 11) is 0. The topological polar surface area (TPSA) is 41.5 Å². The summed E-state index contributed by atoms with van der Waals surface area (Å²) in [5, 5.41) is 14.4. The standard InChI is InChI=1S/C16H20F3NO2/c17-16(18,19)22-14-7-2-1-4-11(14)8-15(21)9-12-5-3-6-13(10-15)20-12/h1-2,4,7,12-13,20-21H,3,5-6,8-10H2. The Hall–Kier alpha value is -1.27. The lowest BCUT2D eigenvalue weighted by molar-refractivity contribution is -0.275. The first-order valence-electron chi connectivity index (χ1n) is 7.65. The molecule has 122 valence electrons. The number of aliphatic hydroxyl groups is 1. The van der Waals surface area contributed by atoms with E-state index in [9.17, 15) is 18.3 Å². The van der Waals surface area contributed by atoms with Crippen LogP contribution < -0.4 is 10.1 Å². The highest BCUT2D eigenvalue weighted by atomic mass is 19.4. The SMILES string of the molecule is OC1(Cc2ccccc2OC(F)(F)F)CC2CCCC(C1)N2. The van der Waals surface area contributed by atoms with Crippen LogP contribution in [0.2, 0.25) is 0 Å². The summed E-state index contributed by atoms with van der Waals surface area (Å²) in [6.45, 7) is 0. The lowest BCUT2D eigenvalue weighted by atomic mass is 9.74. The summed E-state index contributed by atoms with van der Waals surface area (Å²) in [5.41, 5.74) is -0.561. The first-order chi connectivity index (χ1) is 10.3. The first kappa shape index (κ1) is 15.6. The number of hydrogen-bond acceptors (Lipinski definition) is 3. The Morgan fingerprint density at radius 1 is 1.18 bits per heavy atom. The number of benzene rings is 1. The smallest absolute Gasteiger partial charge is 0.406 e. The van der Waals surface area contributed by atoms with Gasteiger partial charge in [-0.1, -0.05) is 24.6 Å². The second kappa shape index (κ2) is 5.74. The number of piperidine rings is 2. The van der Waals surface area contributed by atoms with Crippen LogP contribution in [-0.2, 0) is 6.42 Å². The second-order valence-electron chi connectivity index (χ2n) is 6.46. The Balaban J connectivity index is 1.77. The van der Waals surface area contributed by atoms with Crippen molar-refractivity contribution in [3.63, 3.8) is 0 Å². The number of hydrogen-bond donors (Lipinski definition) is 2. The van der Waals surface area contributed by atoms with E-state index in [1.807, 2.05) is 0 Å². The highest BCUT2D eigenvalue weighted by molar-refractivity contribution is 5.35. The minimum Gasteiger partial charge on any atom is -0.406 e. The minimum absolute atomic E-state index is 0.188. The van der Waals surface area contributed by atoms with Crippen LogP contribution in [0, 0.1) is 0 Å². The lowest BCUT2D eigenvalue weighted by Gasteiger charge is -2.45. The molecule has 0 aromatic heterocycles. The molecule has 2 N–H and O–H groups in total. The van der Waals surface area contributed by atoms with Crippen molar-refractivity contribution in [3.05, 3.63) is 29.8 Å². The highest BCUT2D eigenvalue weighted by Crippen LogP contribution is 2.37. The van der Waals surface area contributed by atoms with Crippen molar-refractivity contribution in [2.75, 3.05) is 0 Å².